The van der Waals surface area contributed by atoms with Crippen LogP contribution < -0.4 is 0 Å². The van der Waals surface area contributed by atoms with E-state index in [1.807, 2.05) is 6.92 Å². The van der Waals surface area contributed by atoms with Crippen molar-refractivity contribution in [2.24, 2.45) is 0 Å². The van der Waals surface area contributed by atoms with Crippen LogP contribution >= 0.6 is 0 Å². The molecule has 0 radical (unpaired) electrons. The monoisotopic (exact) mass is 316 g/mol. The Balaban J connectivity index is 1.83. The van der Waals surface area contributed by atoms with E-state index in [9.17, 15) is 4.79 Å². The summed E-state index contributed by atoms with van der Waals surface area (Å²) >= 11 is 0. The number of carbonyl (C=O) groups excluding carboxylic acids is 1. The van der Waals surface area contributed by atoms with Crippen LogP contribution in [0.3, 0.4) is 0 Å². The van der Waals surface area contributed by atoms with E-state index >= 15 is 0 Å². The molecule has 1 fully saturated rings. The lowest BCUT2D eigenvalue weighted by molar-refractivity contribution is -0.138. The molecule has 3 atom stereocenters. The Kier molecular flexibility index (Phi) is 4.50. The summed E-state index contributed by atoms with van der Waals surface area (Å²) in [4.78, 5) is 12.0. The second-order valence-electron chi connectivity index (χ2n) is 7.56. The molecular weight excluding hydrogens is 288 g/mol. The summed E-state index contributed by atoms with van der Waals surface area (Å²) in [6.45, 7) is 8.44. The van der Waals surface area contributed by atoms with Gasteiger partial charge >= 0.3 is 5.97 Å². The van der Waals surface area contributed by atoms with Crippen LogP contribution in [-0.4, -0.2) is 23.8 Å². The smallest absolute Gasteiger partial charge is 0.334 e. The van der Waals surface area contributed by atoms with Gasteiger partial charge in [-0.25, -0.2) is 4.79 Å². The normalized spacial score (nSPS) is 40.1. The third-order valence-corrected chi connectivity index (χ3v) is 5.52. The van der Waals surface area contributed by atoms with Gasteiger partial charge in [0.2, 0.25) is 0 Å². The summed E-state index contributed by atoms with van der Waals surface area (Å²) in [7, 11) is 0. The lowest BCUT2D eigenvalue weighted by Crippen LogP contribution is -2.14. The van der Waals surface area contributed by atoms with E-state index in [0.29, 0.717) is 0 Å². The van der Waals surface area contributed by atoms with Crippen LogP contribution in [0.5, 0.6) is 0 Å². The summed E-state index contributed by atoms with van der Waals surface area (Å²) in [5.74, 6) is -0.168. The molecule has 3 rings (SSSR count). The van der Waals surface area contributed by atoms with Crippen molar-refractivity contribution in [3.8, 4) is 0 Å². The van der Waals surface area contributed by atoms with E-state index in [1.54, 1.807) is 0 Å². The predicted molar refractivity (Wildman–Crippen MR) is 91.1 cm³/mol. The molecule has 1 aliphatic carbocycles. The Bertz CT molecular complexity index is 596. The molecule has 0 bridgehead atoms. The molecule has 0 aromatic heterocycles. The molecule has 1 saturated heterocycles. The highest BCUT2D eigenvalue weighted by Crippen LogP contribution is 2.46. The number of epoxide rings is 1. The Morgan fingerprint density at radius 3 is 2.70 bits per heavy atom. The molecule has 2 heterocycles. The average Bonchev–Trinajstić information content (AvgIpc) is 3.04. The molecule has 0 amide bonds. The number of esters is 1. The van der Waals surface area contributed by atoms with Gasteiger partial charge in [-0.2, -0.15) is 0 Å². The van der Waals surface area contributed by atoms with Crippen molar-refractivity contribution in [1.82, 2.24) is 0 Å². The van der Waals surface area contributed by atoms with Crippen LogP contribution in [0.15, 0.2) is 34.4 Å². The number of allylic oxidation sites excluding steroid dienone is 3. The van der Waals surface area contributed by atoms with Gasteiger partial charge in [-0.1, -0.05) is 17.2 Å². The summed E-state index contributed by atoms with van der Waals surface area (Å²) < 4.78 is 11.6. The first-order chi connectivity index (χ1) is 10.9. The Labute approximate surface area is 139 Å². The van der Waals surface area contributed by atoms with Crippen LogP contribution in [-0.2, 0) is 14.3 Å². The number of carbonyl (C=O) groups is 1. The van der Waals surface area contributed by atoms with Gasteiger partial charge in [0.25, 0.3) is 0 Å². The number of hydrogen-bond donors (Lipinski definition) is 0. The van der Waals surface area contributed by atoms with E-state index in [4.69, 9.17) is 9.47 Å². The number of fused-ring (bicyclic) bond motifs is 2. The maximum absolute atomic E-state index is 12.0. The topological polar surface area (TPSA) is 38.8 Å². The van der Waals surface area contributed by atoms with Crippen molar-refractivity contribution in [3.05, 3.63) is 34.4 Å². The molecule has 0 saturated carbocycles. The van der Waals surface area contributed by atoms with Gasteiger partial charge in [0.05, 0.1) is 11.7 Å². The average molecular weight is 316 g/mol. The summed E-state index contributed by atoms with van der Waals surface area (Å²) in [5.41, 5.74) is 4.63. The molecule has 2 unspecified atom stereocenters. The molecule has 0 aromatic carbocycles. The summed E-state index contributed by atoms with van der Waals surface area (Å²) in [6.07, 6.45) is 10.8. The van der Waals surface area contributed by atoms with E-state index in [0.717, 1.165) is 49.7 Å². The van der Waals surface area contributed by atoms with E-state index in [-0.39, 0.29) is 23.8 Å². The lowest BCUT2D eigenvalue weighted by atomic mass is 9.91. The summed E-state index contributed by atoms with van der Waals surface area (Å²) in [6, 6.07) is 0. The highest BCUT2D eigenvalue weighted by molar-refractivity contribution is 5.92. The molecule has 0 aromatic rings. The third-order valence-electron chi connectivity index (χ3n) is 5.52. The van der Waals surface area contributed by atoms with Crippen LogP contribution in [0.4, 0.5) is 0 Å². The first-order valence-corrected chi connectivity index (χ1v) is 8.80. The quantitative estimate of drug-likeness (QED) is 0.371. The van der Waals surface area contributed by atoms with Crippen molar-refractivity contribution in [2.45, 2.75) is 84.0 Å². The Morgan fingerprint density at radius 1 is 1.17 bits per heavy atom. The minimum absolute atomic E-state index is 0.0386. The maximum atomic E-state index is 12.0. The molecule has 23 heavy (non-hydrogen) atoms. The zero-order chi connectivity index (χ0) is 16.6. The predicted octanol–water partition coefficient (Wildman–Crippen LogP) is 4.63. The molecule has 126 valence electrons. The minimum Gasteiger partial charge on any atom is -0.450 e. The van der Waals surface area contributed by atoms with Crippen LogP contribution in [0.1, 0.15) is 66.2 Å². The van der Waals surface area contributed by atoms with Gasteiger partial charge < -0.3 is 9.47 Å². The standard InChI is InChI=1S/C20H28O3/c1-13-7-5-8-14(2)11-17-16(15(3)19(21)22-17)12-18-20(4,23-18)10-6-9-13/h9,11,17-18H,5-8,10,12H2,1-4H3/b13-9+,14-11+/t17?,18-,20?/m1/s1. The molecule has 2 aliphatic heterocycles. The van der Waals surface area contributed by atoms with Crippen molar-refractivity contribution in [3.63, 3.8) is 0 Å². The Morgan fingerprint density at radius 2 is 1.91 bits per heavy atom. The van der Waals surface area contributed by atoms with Gasteiger partial charge in [-0.15, -0.1) is 0 Å². The van der Waals surface area contributed by atoms with Crippen molar-refractivity contribution < 1.29 is 14.3 Å². The second kappa shape index (κ2) is 6.27. The zero-order valence-electron chi connectivity index (χ0n) is 14.8. The van der Waals surface area contributed by atoms with E-state index < -0.39 is 0 Å². The van der Waals surface area contributed by atoms with Crippen molar-refractivity contribution in [2.75, 3.05) is 0 Å². The fraction of sp³-hybridized carbons (Fsp3) is 0.650. The molecule has 0 spiro atoms. The fourth-order valence-electron chi connectivity index (χ4n) is 3.69. The molecule has 0 N–H and O–H groups in total. The van der Waals surface area contributed by atoms with Gasteiger partial charge in [0, 0.05) is 12.0 Å². The van der Waals surface area contributed by atoms with Crippen LogP contribution in [0, 0.1) is 0 Å². The lowest BCUT2D eigenvalue weighted by Gasteiger charge is -2.13. The van der Waals surface area contributed by atoms with Crippen molar-refractivity contribution in [1.29, 1.82) is 0 Å². The van der Waals surface area contributed by atoms with Gasteiger partial charge in [0.15, 0.2) is 0 Å². The van der Waals surface area contributed by atoms with Gasteiger partial charge in [0.1, 0.15) is 6.10 Å². The van der Waals surface area contributed by atoms with E-state index in [2.05, 4.69) is 32.9 Å². The SMILES string of the molecule is CC1=C2C[C@H]3OC3(C)CC/C=C(\C)CCC/C(C)=C/C2OC1=O. The number of hydrogen-bond acceptors (Lipinski definition) is 3. The molecule has 3 heteroatoms. The highest BCUT2D eigenvalue weighted by atomic mass is 16.6. The van der Waals surface area contributed by atoms with E-state index in [1.165, 1.54) is 11.1 Å². The third kappa shape index (κ3) is 3.60. The largest absolute Gasteiger partial charge is 0.450 e. The number of rotatable bonds is 0. The fourth-order valence-corrected chi connectivity index (χ4v) is 3.69. The second-order valence-corrected chi connectivity index (χ2v) is 7.56. The molecular formula is C20H28O3. The van der Waals surface area contributed by atoms with Crippen LogP contribution in [0.2, 0.25) is 0 Å². The first-order valence-electron chi connectivity index (χ1n) is 8.80. The van der Waals surface area contributed by atoms with Gasteiger partial charge in [-0.05, 0) is 71.4 Å². The van der Waals surface area contributed by atoms with Gasteiger partial charge in [-0.3, -0.25) is 0 Å². The number of ether oxygens (including phenoxy) is 2. The molecule has 3 aliphatic rings. The highest BCUT2D eigenvalue weighted by Gasteiger charge is 2.52. The first kappa shape index (κ1) is 16.5. The maximum Gasteiger partial charge on any atom is 0.334 e. The Hall–Kier alpha value is -1.35. The zero-order valence-corrected chi connectivity index (χ0v) is 14.8. The van der Waals surface area contributed by atoms with Crippen molar-refractivity contribution >= 4 is 5.97 Å². The molecule has 3 nitrogen and oxygen atoms in total. The minimum atomic E-state index is -0.185. The summed E-state index contributed by atoms with van der Waals surface area (Å²) in [5, 5.41) is 0. The van der Waals surface area contributed by atoms with Crippen LogP contribution in [0.25, 0.3) is 0 Å².